The molecule has 0 saturated carbocycles. The lowest BCUT2D eigenvalue weighted by Crippen LogP contribution is -2.49. The number of hydrogen-bond acceptors (Lipinski definition) is 5. The standard InChI is InChI=1S/C17H21FN4O3S/c1-12-17(13(2)20-19-12)26(24,25)22-9-7-21(8-10-22)11-16(23)14-3-5-15(18)6-4-14/h3-6H,7-11H2,1-2H3,(H,19,20). The topological polar surface area (TPSA) is 86.4 Å². The Hall–Kier alpha value is -2.10. The third kappa shape index (κ3) is 3.69. The summed E-state index contributed by atoms with van der Waals surface area (Å²) in [7, 11) is -3.60. The highest BCUT2D eigenvalue weighted by Gasteiger charge is 2.32. The van der Waals surface area contributed by atoms with E-state index in [0.717, 1.165) is 0 Å². The molecule has 1 N–H and O–H groups in total. The number of Topliss-reactive ketones (excluding diaryl/α,β-unsaturated/α-hetero) is 1. The smallest absolute Gasteiger partial charge is 0.246 e. The minimum Gasteiger partial charge on any atom is -0.293 e. The van der Waals surface area contributed by atoms with Gasteiger partial charge < -0.3 is 0 Å². The lowest BCUT2D eigenvalue weighted by Gasteiger charge is -2.33. The van der Waals surface area contributed by atoms with Crippen molar-refractivity contribution in [1.29, 1.82) is 0 Å². The number of piperazine rings is 1. The number of ketones is 1. The number of nitrogens with zero attached hydrogens (tertiary/aromatic N) is 3. The van der Waals surface area contributed by atoms with Crippen molar-refractivity contribution in [2.45, 2.75) is 18.7 Å². The number of aromatic amines is 1. The highest BCUT2D eigenvalue weighted by molar-refractivity contribution is 7.89. The first-order valence-electron chi connectivity index (χ1n) is 8.32. The third-order valence-corrected chi connectivity index (χ3v) is 6.69. The molecule has 0 radical (unpaired) electrons. The van der Waals surface area contributed by atoms with Crippen LogP contribution < -0.4 is 0 Å². The van der Waals surface area contributed by atoms with Gasteiger partial charge in [-0.2, -0.15) is 9.40 Å². The number of rotatable bonds is 5. The quantitative estimate of drug-likeness (QED) is 0.792. The molecule has 0 amide bonds. The second-order valence-corrected chi connectivity index (χ2v) is 8.25. The van der Waals surface area contributed by atoms with Gasteiger partial charge >= 0.3 is 0 Å². The van der Waals surface area contributed by atoms with Gasteiger partial charge in [-0.25, -0.2) is 12.8 Å². The fraction of sp³-hybridized carbons (Fsp3) is 0.412. The Bertz CT molecular complexity index is 881. The van der Waals surface area contributed by atoms with E-state index >= 15 is 0 Å². The molecule has 3 rings (SSSR count). The number of halogens is 1. The van der Waals surface area contributed by atoms with Gasteiger partial charge in [0.25, 0.3) is 0 Å². The Morgan fingerprint density at radius 1 is 1.15 bits per heavy atom. The second-order valence-electron chi connectivity index (χ2n) is 6.37. The molecule has 0 spiro atoms. The summed E-state index contributed by atoms with van der Waals surface area (Å²) in [5, 5.41) is 6.66. The van der Waals surface area contributed by atoms with Crippen molar-refractivity contribution in [3.05, 3.63) is 47.0 Å². The second kappa shape index (κ2) is 7.26. The molecule has 140 valence electrons. The van der Waals surface area contributed by atoms with E-state index in [-0.39, 0.29) is 23.0 Å². The van der Waals surface area contributed by atoms with Crippen LogP contribution in [-0.2, 0) is 10.0 Å². The molecule has 7 nitrogen and oxygen atoms in total. The normalized spacial score (nSPS) is 16.7. The maximum atomic E-state index is 12.9. The predicted octanol–water partition coefficient (Wildman–Crippen LogP) is 1.35. The van der Waals surface area contributed by atoms with E-state index < -0.39 is 10.0 Å². The Labute approximate surface area is 151 Å². The first-order valence-corrected chi connectivity index (χ1v) is 9.76. The first-order chi connectivity index (χ1) is 12.3. The summed E-state index contributed by atoms with van der Waals surface area (Å²) in [4.78, 5) is 14.4. The summed E-state index contributed by atoms with van der Waals surface area (Å²) in [6.07, 6.45) is 0. The molecule has 1 saturated heterocycles. The van der Waals surface area contributed by atoms with Gasteiger partial charge in [-0.3, -0.25) is 14.8 Å². The lowest BCUT2D eigenvalue weighted by atomic mass is 10.1. The van der Waals surface area contributed by atoms with Gasteiger partial charge in [-0.1, -0.05) is 0 Å². The van der Waals surface area contributed by atoms with Crippen LogP contribution in [0.1, 0.15) is 21.7 Å². The molecule has 1 aliphatic rings. The fourth-order valence-electron chi connectivity index (χ4n) is 3.11. The van der Waals surface area contributed by atoms with Gasteiger partial charge in [0.1, 0.15) is 10.7 Å². The Morgan fingerprint density at radius 2 is 1.77 bits per heavy atom. The number of aromatic nitrogens is 2. The summed E-state index contributed by atoms with van der Waals surface area (Å²) >= 11 is 0. The highest BCUT2D eigenvalue weighted by Crippen LogP contribution is 2.22. The maximum absolute atomic E-state index is 12.9. The van der Waals surface area contributed by atoms with Crippen molar-refractivity contribution in [1.82, 2.24) is 19.4 Å². The van der Waals surface area contributed by atoms with E-state index in [1.807, 2.05) is 4.90 Å². The van der Waals surface area contributed by atoms with Crippen LogP contribution in [0.2, 0.25) is 0 Å². The molecule has 0 atom stereocenters. The molecule has 1 aliphatic heterocycles. The molecular weight excluding hydrogens is 359 g/mol. The van der Waals surface area contributed by atoms with Gasteiger partial charge in [0, 0.05) is 31.7 Å². The van der Waals surface area contributed by atoms with Crippen LogP contribution in [0.3, 0.4) is 0 Å². The number of nitrogens with one attached hydrogen (secondary N) is 1. The van der Waals surface area contributed by atoms with E-state index in [1.165, 1.54) is 28.6 Å². The Kier molecular flexibility index (Phi) is 5.22. The zero-order valence-electron chi connectivity index (χ0n) is 14.7. The van der Waals surface area contributed by atoms with Gasteiger partial charge in [0.2, 0.25) is 10.0 Å². The van der Waals surface area contributed by atoms with Crippen LogP contribution in [0.5, 0.6) is 0 Å². The highest BCUT2D eigenvalue weighted by atomic mass is 32.2. The molecule has 1 fully saturated rings. The average molecular weight is 380 g/mol. The third-order valence-electron chi connectivity index (χ3n) is 4.52. The zero-order chi connectivity index (χ0) is 18.9. The molecule has 2 aromatic rings. The van der Waals surface area contributed by atoms with Crippen LogP contribution in [0.4, 0.5) is 4.39 Å². The predicted molar refractivity (Wildman–Crippen MR) is 94.0 cm³/mol. The van der Waals surface area contributed by atoms with Crippen LogP contribution >= 0.6 is 0 Å². The van der Waals surface area contributed by atoms with Gasteiger partial charge in [-0.05, 0) is 38.1 Å². The number of sulfonamides is 1. The lowest BCUT2D eigenvalue weighted by molar-refractivity contribution is 0.0901. The number of aryl methyl sites for hydroxylation is 2. The van der Waals surface area contributed by atoms with Gasteiger partial charge in [-0.15, -0.1) is 0 Å². The van der Waals surface area contributed by atoms with Crippen LogP contribution in [0.15, 0.2) is 29.2 Å². The molecular formula is C17H21FN4O3S. The van der Waals surface area contributed by atoms with E-state index in [9.17, 15) is 17.6 Å². The molecule has 0 unspecified atom stereocenters. The van der Waals surface area contributed by atoms with Gasteiger partial charge in [0.05, 0.1) is 17.9 Å². The van der Waals surface area contributed by atoms with E-state index in [1.54, 1.807) is 13.8 Å². The summed E-state index contributed by atoms with van der Waals surface area (Å²) in [5.41, 5.74) is 1.43. The van der Waals surface area contributed by atoms with Crippen molar-refractivity contribution >= 4 is 15.8 Å². The van der Waals surface area contributed by atoms with E-state index in [4.69, 9.17) is 0 Å². The van der Waals surface area contributed by atoms with Crippen molar-refractivity contribution in [2.24, 2.45) is 0 Å². The SMILES string of the molecule is Cc1n[nH]c(C)c1S(=O)(=O)N1CCN(CC(=O)c2ccc(F)cc2)CC1. The molecule has 0 aliphatic carbocycles. The average Bonchev–Trinajstić information content (AvgIpc) is 2.95. The number of hydrogen-bond donors (Lipinski definition) is 1. The summed E-state index contributed by atoms with van der Waals surface area (Å²) in [6, 6.07) is 5.44. The summed E-state index contributed by atoms with van der Waals surface area (Å²) < 4.78 is 40.0. The molecule has 26 heavy (non-hydrogen) atoms. The summed E-state index contributed by atoms with van der Waals surface area (Å²) in [6.45, 7) is 5.07. The molecule has 9 heteroatoms. The van der Waals surface area contributed by atoms with Crippen molar-refractivity contribution in [2.75, 3.05) is 32.7 Å². The number of carbonyl (C=O) groups is 1. The van der Waals surface area contributed by atoms with Crippen LogP contribution in [-0.4, -0.2) is 66.3 Å². The number of benzene rings is 1. The largest absolute Gasteiger partial charge is 0.293 e. The van der Waals surface area contributed by atoms with Gasteiger partial charge in [0.15, 0.2) is 5.78 Å². The molecule has 0 bridgehead atoms. The Morgan fingerprint density at radius 3 is 2.31 bits per heavy atom. The molecule has 2 heterocycles. The van der Waals surface area contributed by atoms with Crippen LogP contribution in [0.25, 0.3) is 0 Å². The number of H-pyrrole nitrogens is 1. The fourth-order valence-corrected chi connectivity index (χ4v) is 4.86. The molecule has 1 aromatic carbocycles. The first kappa shape index (κ1) is 18.7. The van der Waals surface area contributed by atoms with Crippen molar-refractivity contribution in [3.8, 4) is 0 Å². The van der Waals surface area contributed by atoms with Crippen molar-refractivity contribution < 1.29 is 17.6 Å². The summed E-state index contributed by atoms with van der Waals surface area (Å²) in [5.74, 6) is -0.493. The number of carbonyl (C=O) groups excluding carboxylic acids is 1. The minimum absolute atomic E-state index is 0.108. The molecule has 1 aromatic heterocycles. The van der Waals surface area contributed by atoms with Crippen LogP contribution in [0, 0.1) is 19.7 Å². The van der Waals surface area contributed by atoms with Crippen molar-refractivity contribution in [3.63, 3.8) is 0 Å². The minimum atomic E-state index is -3.60. The monoisotopic (exact) mass is 380 g/mol. The van der Waals surface area contributed by atoms with E-state index in [0.29, 0.717) is 43.1 Å². The Balaban J connectivity index is 1.62. The zero-order valence-corrected chi connectivity index (χ0v) is 15.5. The maximum Gasteiger partial charge on any atom is 0.246 e. The van der Waals surface area contributed by atoms with E-state index in [2.05, 4.69) is 10.2 Å².